The average molecular weight is 279 g/mol. The zero-order chi connectivity index (χ0) is 14.7. The van der Waals surface area contributed by atoms with E-state index in [1.54, 1.807) is 13.2 Å². The normalized spacial score (nSPS) is 26.6. The van der Waals surface area contributed by atoms with Crippen LogP contribution in [0.4, 0.5) is 10.1 Å². The molecule has 1 N–H and O–H groups in total. The number of benzene rings is 1. The van der Waals surface area contributed by atoms with Crippen molar-refractivity contribution < 1.29 is 9.13 Å². The van der Waals surface area contributed by atoms with Crippen LogP contribution in [0.1, 0.15) is 40.0 Å². The van der Waals surface area contributed by atoms with Gasteiger partial charge in [-0.15, -0.1) is 0 Å². The van der Waals surface area contributed by atoms with Gasteiger partial charge in [0.25, 0.3) is 0 Å². The van der Waals surface area contributed by atoms with E-state index in [1.807, 2.05) is 0 Å². The summed E-state index contributed by atoms with van der Waals surface area (Å²) in [6.45, 7) is 6.89. The van der Waals surface area contributed by atoms with Crippen LogP contribution in [0.3, 0.4) is 0 Å². The Bertz CT molecular complexity index is 447. The van der Waals surface area contributed by atoms with Crippen molar-refractivity contribution in [3.63, 3.8) is 0 Å². The standard InChI is InChI=1S/C17H26FNO/c1-11(2)14-7-5-12(3)9-16(14)19-15-8-6-13(18)10-17(15)20-4/h6,8,10-12,14,16,19H,5,7,9H2,1-4H3. The first-order valence-electron chi connectivity index (χ1n) is 7.61. The van der Waals surface area contributed by atoms with Crippen LogP contribution < -0.4 is 10.1 Å². The lowest BCUT2D eigenvalue weighted by molar-refractivity contribution is 0.211. The molecule has 112 valence electrons. The van der Waals surface area contributed by atoms with E-state index in [9.17, 15) is 4.39 Å². The first-order valence-corrected chi connectivity index (χ1v) is 7.61. The van der Waals surface area contributed by atoms with E-state index in [1.165, 1.54) is 31.4 Å². The highest BCUT2D eigenvalue weighted by Crippen LogP contribution is 2.37. The van der Waals surface area contributed by atoms with E-state index in [4.69, 9.17) is 4.74 Å². The molecule has 3 heteroatoms. The zero-order valence-electron chi connectivity index (χ0n) is 12.9. The van der Waals surface area contributed by atoms with Crippen LogP contribution in [0, 0.1) is 23.6 Å². The van der Waals surface area contributed by atoms with Gasteiger partial charge in [-0.3, -0.25) is 0 Å². The van der Waals surface area contributed by atoms with Crippen molar-refractivity contribution in [3.8, 4) is 5.75 Å². The van der Waals surface area contributed by atoms with Crippen LogP contribution >= 0.6 is 0 Å². The molecule has 0 spiro atoms. The number of rotatable bonds is 4. The van der Waals surface area contributed by atoms with E-state index < -0.39 is 0 Å². The minimum Gasteiger partial charge on any atom is -0.494 e. The van der Waals surface area contributed by atoms with Crippen molar-refractivity contribution >= 4 is 5.69 Å². The predicted octanol–water partition coefficient (Wildman–Crippen LogP) is 4.71. The maximum atomic E-state index is 13.3. The number of anilines is 1. The van der Waals surface area contributed by atoms with Crippen LogP contribution in [0.5, 0.6) is 5.75 Å². The Morgan fingerprint density at radius 3 is 2.70 bits per heavy atom. The Balaban J connectivity index is 2.17. The van der Waals surface area contributed by atoms with Gasteiger partial charge in [0.1, 0.15) is 11.6 Å². The fourth-order valence-corrected chi connectivity index (χ4v) is 3.35. The van der Waals surface area contributed by atoms with Gasteiger partial charge >= 0.3 is 0 Å². The first kappa shape index (κ1) is 15.1. The third kappa shape index (κ3) is 3.44. The summed E-state index contributed by atoms with van der Waals surface area (Å²) in [5.74, 6) is 2.40. The number of hydrogen-bond acceptors (Lipinski definition) is 2. The van der Waals surface area contributed by atoms with Crippen LogP contribution in [-0.2, 0) is 0 Å². The lowest BCUT2D eigenvalue weighted by atomic mass is 9.74. The molecule has 0 aromatic heterocycles. The number of hydrogen-bond donors (Lipinski definition) is 1. The molecule has 0 amide bonds. The highest BCUT2D eigenvalue weighted by molar-refractivity contribution is 5.57. The van der Waals surface area contributed by atoms with Crippen LogP contribution in [0.15, 0.2) is 18.2 Å². The zero-order valence-corrected chi connectivity index (χ0v) is 12.9. The molecule has 0 aliphatic heterocycles. The molecule has 0 bridgehead atoms. The van der Waals surface area contributed by atoms with Gasteiger partial charge in [-0.1, -0.05) is 27.2 Å². The third-order valence-electron chi connectivity index (χ3n) is 4.53. The highest BCUT2D eigenvalue weighted by atomic mass is 19.1. The molecule has 1 aromatic rings. The second-order valence-electron chi connectivity index (χ2n) is 6.42. The topological polar surface area (TPSA) is 21.3 Å². The molecule has 3 atom stereocenters. The summed E-state index contributed by atoms with van der Waals surface area (Å²) in [4.78, 5) is 0. The largest absolute Gasteiger partial charge is 0.494 e. The molecule has 1 aliphatic rings. The molecule has 1 fully saturated rings. The monoisotopic (exact) mass is 279 g/mol. The van der Waals surface area contributed by atoms with Gasteiger partial charge in [-0.25, -0.2) is 4.39 Å². The number of ether oxygens (including phenoxy) is 1. The third-order valence-corrected chi connectivity index (χ3v) is 4.53. The van der Waals surface area contributed by atoms with E-state index in [0.717, 1.165) is 11.6 Å². The predicted molar refractivity (Wildman–Crippen MR) is 81.7 cm³/mol. The molecular formula is C17H26FNO. The van der Waals surface area contributed by atoms with Crippen LogP contribution in [0.25, 0.3) is 0 Å². The first-order chi connectivity index (χ1) is 9.51. The van der Waals surface area contributed by atoms with Crippen molar-refractivity contribution in [3.05, 3.63) is 24.0 Å². The van der Waals surface area contributed by atoms with Gasteiger partial charge in [-0.2, -0.15) is 0 Å². The molecule has 0 radical (unpaired) electrons. The summed E-state index contributed by atoms with van der Waals surface area (Å²) >= 11 is 0. The summed E-state index contributed by atoms with van der Waals surface area (Å²) in [7, 11) is 1.59. The molecule has 1 aromatic carbocycles. The molecule has 0 heterocycles. The van der Waals surface area contributed by atoms with Crippen LogP contribution in [-0.4, -0.2) is 13.2 Å². The van der Waals surface area contributed by atoms with Gasteiger partial charge in [0.2, 0.25) is 0 Å². The van der Waals surface area contributed by atoms with Gasteiger partial charge < -0.3 is 10.1 Å². The van der Waals surface area contributed by atoms with Crippen molar-refractivity contribution in [2.75, 3.05) is 12.4 Å². The molecule has 1 saturated carbocycles. The number of methoxy groups -OCH3 is 1. The second-order valence-corrected chi connectivity index (χ2v) is 6.42. The Labute approximate surface area is 121 Å². The van der Waals surface area contributed by atoms with Crippen molar-refractivity contribution in [1.29, 1.82) is 0 Å². The minimum absolute atomic E-state index is 0.259. The lowest BCUT2D eigenvalue weighted by Gasteiger charge is -2.38. The average Bonchev–Trinajstić information content (AvgIpc) is 2.40. The SMILES string of the molecule is COc1cc(F)ccc1NC1CC(C)CCC1C(C)C. The summed E-state index contributed by atoms with van der Waals surface area (Å²) in [5, 5.41) is 3.60. The Kier molecular flexibility index (Phi) is 4.90. The van der Waals surface area contributed by atoms with Gasteiger partial charge in [0.05, 0.1) is 12.8 Å². The Morgan fingerprint density at radius 1 is 1.30 bits per heavy atom. The summed E-state index contributed by atoms with van der Waals surface area (Å²) in [6.07, 6.45) is 3.74. The van der Waals surface area contributed by atoms with Gasteiger partial charge in [0, 0.05) is 12.1 Å². The van der Waals surface area contributed by atoms with Crippen molar-refractivity contribution in [2.24, 2.45) is 17.8 Å². The van der Waals surface area contributed by atoms with Gasteiger partial charge in [-0.05, 0) is 42.7 Å². The fourth-order valence-electron chi connectivity index (χ4n) is 3.35. The smallest absolute Gasteiger partial charge is 0.144 e. The molecule has 2 rings (SSSR count). The Morgan fingerprint density at radius 2 is 2.05 bits per heavy atom. The quantitative estimate of drug-likeness (QED) is 0.862. The summed E-state index contributed by atoms with van der Waals surface area (Å²) in [6, 6.07) is 5.16. The van der Waals surface area contributed by atoms with E-state index >= 15 is 0 Å². The fraction of sp³-hybridized carbons (Fsp3) is 0.647. The lowest BCUT2D eigenvalue weighted by Crippen LogP contribution is -2.37. The van der Waals surface area contributed by atoms with Crippen molar-refractivity contribution in [2.45, 2.75) is 46.1 Å². The van der Waals surface area contributed by atoms with Crippen LogP contribution in [0.2, 0.25) is 0 Å². The molecule has 0 saturated heterocycles. The molecule has 1 aliphatic carbocycles. The van der Waals surface area contributed by atoms with E-state index in [0.29, 0.717) is 23.6 Å². The summed E-state index contributed by atoms with van der Waals surface area (Å²) in [5.41, 5.74) is 0.902. The summed E-state index contributed by atoms with van der Waals surface area (Å²) < 4.78 is 18.6. The molecule has 2 nitrogen and oxygen atoms in total. The number of nitrogens with one attached hydrogen (secondary N) is 1. The van der Waals surface area contributed by atoms with E-state index in [2.05, 4.69) is 26.1 Å². The highest BCUT2D eigenvalue weighted by Gasteiger charge is 2.31. The van der Waals surface area contributed by atoms with Gasteiger partial charge in [0.15, 0.2) is 0 Å². The van der Waals surface area contributed by atoms with Crippen molar-refractivity contribution in [1.82, 2.24) is 0 Å². The maximum absolute atomic E-state index is 13.3. The maximum Gasteiger partial charge on any atom is 0.144 e. The Hall–Kier alpha value is -1.25. The molecule has 20 heavy (non-hydrogen) atoms. The molecule has 3 unspecified atom stereocenters. The van der Waals surface area contributed by atoms with E-state index in [-0.39, 0.29) is 5.82 Å². The number of halogens is 1. The molecular weight excluding hydrogens is 253 g/mol. The minimum atomic E-state index is -0.259. The second kappa shape index (κ2) is 6.47.